The van der Waals surface area contributed by atoms with Crippen molar-refractivity contribution < 1.29 is 14.6 Å². The van der Waals surface area contributed by atoms with Gasteiger partial charge in [-0.2, -0.15) is 0 Å². The van der Waals surface area contributed by atoms with Gasteiger partial charge in [-0.25, -0.2) is 0 Å². The maximum atomic E-state index is 10.7. The summed E-state index contributed by atoms with van der Waals surface area (Å²) in [7, 11) is 0. The molecule has 0 bridgehead atoms. The Morgan fingerprint density at radius 2 is 2.25 bits per heavy atom. The predicted octanol–water partition coefficient (Wildman–Crippen LogP) is 1.35. The summed E-state index contributed by atoms with van der Waals surface area (Å²) in [6.07, 6.45) is 0.284. The molecule has 1 aromatic carbocycles. The van der Waals surface area contributed by atoms with E-state index >= 15 is 0 Å². The number of benzene rings is 1. The Labute approximate surface area is 95.0 Å². The number of carboxylic acid groups (broad SMARTS) is 1. The highest BCUT2D eigenvalue weighted by Crippen LogP contribution is 2.21. The third-order valence-corrected chi connectivity index (χ3v) is 2.27. The number of ether oxygens (including phenoxy) is 1. The largest absolute Gasteiger partial charge is 0.494 e. The van der Waals surface area contributed by atoms with Gasteiger partial charge in [-0.15, -0.1) is 0 Å². The minimum Gasteiger partial charge on any atom is -0.494 e. The molecule has 4 heteroatoms. The molecule has 0 fully saturated rings. The van der Waals surface area contributed by atoms with Crippen LogP contribution in [0.5, 0.6) is 5.75 Å². The van der Waals surface area contributed by atoms with Crippen molar-refractivity contribution in [3.63, 3.8) is 0 Å². The second kappa shape index (κ2) is 5.51. The van der Waals surface area contributed by atoms with E-state index in [9.17, 15) is 4.79 Å². The molecule has 0 heterocycles. The number of hydrogen-bond acceptors (Lipinski definition) is 3. The quantitative estimate of drug-likeness (QED) is 0.790. The van der Waals surface area contributed by atoms with Gasteiger partial charge in [0, 0.05) is 6.42 Å². The maximum absolute atomic E-state index is 10.7. The Hall–Kier alpha value is -1.55. The van der Waals surface area contributed by atoms with Crippen molar-refractivity contribution in [1.82, 2.24) is 0 Å². The molecule has 1 aromatic rings. The summed E-state index contributed by atoms with van der Waals surface area (Å²) >= 11 is 0. The fraction of sp³-hybridized carbons (Fsp3) is 0.417. The van der Waals surface area contributed by atoms with E-state index in [4.69, 9.17) is 15.6 Å². The summed E-state index contributed by atoms with van der Waals surface area (Å²) in [5.74, 6) is -0.284. The van der Waals surface area contributed by atoms with Crippen LogP contribution in [0.1, 0.15) is 18.1 Å². The number of rotatable bonds is 5. The molecule has 1 unspecified atom stereocenters. The molecule has 0 radical (unpaired) electrons. The Morgan fingerprint density at radius 3 is 2.81 bits per heavy atom. The van der Waals surface area contributed by atoms with Gasteiger partial charge in [-0.1, -0.05) is 17.7 Å². The van der Waals surface area contributed by atoms with Gasteiger partial charge in [0.25, 0.3) is 0 Å². The Morgan fingerprint density at radius 1 is 1.56 bits per heavy atom. The number of nitrogens with two attached hydrogens (primary N) is 1. The molecule has 0 amide bonds. The molecule has 16 heavy (non-hydrogen) atoms. The molecule has 1 atom stereocenters. The van der Waals surface area contributed by atoms with E-state index in [0.717, 1.165) is 11.1 Å². The van der Waals surface area contributed by atoms with Gasteiger partial charge in [0.05, 0.1) is 6.61 Å². The summed E-state index contributed by atoms with van der Waals surface area (Å²) in [5, 5.41) is 8.77. The summed E-state index contributed by atoms with van der Waals surface area (Å²) in [6.45, 7) is 4.39. The average Bonchev–Trinajstić information content (AvgIpc) is 2.22. The Balaban J connectivity index is 2.91. The van der Waals surface area contributed by atoms with Gasteiger partial charge in [0.15, 0.2) is 0 Å². The van der Waals surface area contributed by atoms with Crippen LogP contribution in [0, 0.1) is 6.92 Å². The molecule has 0 aromatic heterocycles. The van der Waals surface area contributed by atoms with E-state index in [2.05, 4.69) is 0 Å². The first-order valence-electron chi connectivity index (χ1n) is 5.25. The summed E-state index contributed by atoms with van der Waals surface area (Å²) in [4.78, 5) is 10.7. The average molecular weight is 223 g/mol. The first kappa shape index (κ1) is 12.5. The number of carboxylic acids is 1. The second-order valence-electron chi connectivity index (χ2n) is 3.69. The number of aliphatic carboxylic acids is 1. The molecular formula is C12H17NO3. The number of hydrogen-bond donors (Lipinski definition) is 2. The van der Waals surface area contributed by atoms with Gasteiger partial charge in [0.1, 0.15) is 11.8 Å². The van der Waals surface area contributed by atoms with Crippen LogP contribution in [-0.4, -0.2) is 23.7 Å². The maximum Gasteiger partial charge on any atom is 0.320 e. The number of carbonyl (C=O) groups is 1. The second-order valence-corrected chi connectivity index (χ2v) is 3.69. The van der Waals surface area contributed by atoms with Crippen LogP contribution in [0.15, 0.2) is 18.2 Å². The summed E-state index contributed by atoms with van der Waals surface area (Å²) in [5.41, 5.74) is 7.42. The molecule has 0 spiro atoms. The van der Waals surface area contributed by atoms with E-state index in [1.165, 1.54) is 0 Å². The van der Waals surface area contributed by atoms with Gasteiger partial charge >= 0.3 is 5.97 Å². The molecule has 88 valence electrons. The third kappa shape index (κ3) is 3.24. The Kier molecular flexibility index (Phi) is 4.31. The molecule has 0 saturated heterocycles. The summed E-state index contributed by atoms with van der Waals surface area (Å²) in [6, 6.07) is 4.80. The molecule has 0 saturated carbocycles. The SMILES string of the molecule is CCOc1ccc(C)cc1CC(N)C(=O)O. The van der Waals surface area contributed by atoms with Crippen molar-refractivity contribution >= 4 is 5.97 Å². The smallest absolute Gasteiger partial charge is 0.320 e. The van der Waals surface area contributed by atoms with Gasteiger partial charge in [0.2, 0.25) is 0 Å². The van der Waals surface area contributed by atoms with Crippen LogP contribution < -0.4 is 10.5 Å². The van der Waals surface area contributed by atoms with Crippen LogP contribution >= 0.6 is 0 Å². The zero-order chi connectivity index (χ0) is 12.1. The van der Waals surface area contributed by atoms with Gasteiger partial charge in [-0.05, 0) is 25.5 Å². The van der Waals surface area contributed by atoms with E-state index < -0.39 is 12.0 Å². The lowest BCUT2D eigenvalue weighted by Gasteiger charge is -2.13. The molecule has 0 aliphatic rings. The molecular weight excluding hydrogens is 206 g/mol. The zero-order valence-electron chi connectivity index (χ0n) is 9.56. The van der Waals surface area contributed by atoms with Crippen LogP contribution in [0.2, 0.25) is 0 Å². The molecule has 0 aliphatic carbocycles. The number of aryl methyl sites for hydroxylation is 1. The minimum atomic E-state index is -0.996. The van der Waals surface area contributed by atoms with Crippen LogP contribution in [0.4, 0.5) is 0 Å². The topological polar surface area (TPSA) is 72.5 Å². The highest BCUT2D eigenvalue weighted by atomic mass is 16.5. The molecule has 4 nitrogen and oxygen atoms in total. The molecule has 1 rings (SSSR count). The van der Waals surface area contributed by atoms with Crippen molar-refractivity contribution in [2.45, 2.75) is 26.3 Å². The van der Waals surface area contributed by atoms with Crippen molar-refractivity contribution in [2.75, 3.05) is 6.61 Å². The lowest BCUT2D eigenvalue weighted by molar-refractivity contribution is -0.138. The van der Waals surface area contributed by atoms with Crippen molar-refractivity contribution in [2.24, 2.45) is 5.73 Å². The van der Waals surface area contributed by atoms with Crippen molar-refractivity contribution in [1.29, 1.82) is 0 Å². The van der Waals surface area contributed by atoms with Crippen LogP contribution in [-0.2, 0) is 11.2 Å². The van der Waals surface area contributed by atoms with E-state index in [1.807, 2.05) is 32.0 Å². The predicted molar refractivity (Wildman–Crippen MR) is 61.7 cm³/mol. The van der Waals surface area contributed by atoms with Crippen LogP contribution in [0.25, 0.3) is 0 Å². The van der Waals surface area contributed by atoms with Crippen molar-refractivity contribution in [3.05, 3.63) is 29.3 Å². The van der Waals surface area contributed by atoms with Crippen LogP contribution in [0.3, 0.4) is 0 Å². The first-order valence-corrected chi connectivity index (χ1v) is 5.25. The van der Waals surface area contributed by atoms with E-state index in [1.54, 1.807) is 0 Å². The first-order chi connectivity index (χ1) is 7.54. The minimum absolute atomic E-state index is 0.284. The Bertz CT molecular complexity index is 377. The van der Waals surface area contributed by atoms with Gasteiger partial charge < -0.3 is 15.6 Å². The van der Waals surface area contributed by atoms with E-state index in [0.29, 0.717) is 12.4 Å². The highest BCUT2D eigenvalue weighted by Gasteiger charge is 2.15. The van der Waals surface area contributed by atoms with Gasteiger partial charge in [-0.3, -0.25) is 4.79 Å². The fourth-order valence-electron chi connectivity index (χ4n) is 1.49. The third-order valence-electron chi connectivity index (χ3n) is 2.27. The molecule has 3 N–H and O–H groups in total. The van der Waals surface area contributed by atoms with Crippen molar-refractivity contribution in [3.8, 4) is 5.75 Å². The summed E-state index contributed by atoms with van der Waals surface area (Å²) < 4.78 is 5.42. The normalized spacial score (nSPS) is 12.2. The lowest BCUT2D eigenvalue weighted by atomic mass is 10.0. The zero-order valence-corrected chi connectivity index (χ0v) is 9.56. The standard InChI is InChI=1S/C12H17NO3/c1-3-16-11-5-4-8(2)6-9(11)7-10(13)12(14)15/h4-6,10H,3,7,13H2,1-2H3,(H,14,15). The van der Waals surface area contributed by atoms with E-state index in [-0.39, 0.29) is 6.42 Å². The fourth-order valence-corrected chi connectivity index (χ4v) is 1.49. The molecule has 0 aliphatic heterocycles. The monoisotopic (exact) mass is 223 g/mol. The lowest BCUT2D eigenvalue weighted by Crippen LogP contribution is -2.32. The highest BCUT2D eigenvalue weighted by molar-refractivity contribution is 5.73.